The fraction of sp³-hybridized carbons (Fsp3) is 0.333. The van der Waals surface area contributed by atoms with E-state index in [-0.39, 0.29) is 17.6 Å². The van der Waals surface area contributed by atoms with Crippen LogP contribution in [0.1, 0.15) is 12.8 Å². The Morgan fingerprint density at radius 1 is 1.52 bits per heavy atom. The molecule has 0 bridgehead atoms. The highest BCUT2D eigenvalue weighted by Crippen LogP contribution is 2.45. The van der Waals surface area contributed by atoms with Gasteiger partial charge in [-0.2, -0.15) is 5.26 Å². The largest absolute Gasteiger partial charge is 0.468 e. The van der Waals surface area contributed by atoms with Gasteiger partial charge in [-0.15, -0.1) is 11.3 Å². The average Bonchev–Trinajstić information content (AvgIpc) is 3.26. The second kappa shape index (κ2) is 6.18. The zero-order valence-corrected chi connectivity index (χ0v) is 13.9. The van der Waals surface area contributed by atoms with E-state index in [4.69, 9.17) is 5.26 Å². The summed E-state index contributed by atoms with van der Waals surface area (Å²) in [6, 6.07) is 7.49. The highest BCUT2D eigenvalue weighted by Gasteiger charge is 2.50. The van der Waals surface area contributed by atoms with Crippen molar-refractivity contribution < 1.29 is 14.3 Å². The molecule has 1 heterocycles. The lowest BCUT2D eigenvalue weighted by Gasteiger charge is -2.07. The van der Waals surface area contributed by atoms with Gasteiger partial charge in [0.15, 0.2) is 4.34 Å². The third kappa shape index (κ3) is 3.30. The molecule has 118 valence electrons. The first kappa shape index (κ1) is 15.8. The van der Waals surface area contributed by atoms with E-state index in [1.54, 1.807) is 6.07 Å². The summed E-state index contributed by atoms with van der Waals surface area (Å²) in [6.07, 6.45) is 1.24. The topological polar surface area (TPSA) is 92.1 Å². The summed E-state index contributed by atoms with van der Waals surface area (Å²) >= 11 is 2.77. The molecule has 23 heavy (non-hydrogen) atoms. The van der Waals surface area contributed by atoms with Crippen LogP contribution in [0.15, 0.2) is 22.5 Å². The summed E-state index contributed by atoms with van der Waals surface area (Å²) in [6.45, 7) is 0. The Morgan fingerprint density at radius 2 is 2.30 bits per heavy atom. The molecule has 8 heteroatoms. The molecule has 1 N–H and O–H groups in total. The maximum absolute atomic E-state index is 12.1. The van der Waals surface area contributed by atoms with Crippen molar-refractivity contribution in [3.05, 3.63) is 18.2 Å². The minimum Gasteiger partial charge on any atom is -0.468 e. The molecule has 6 nitrogen and oxygen atoms in total. The first-order valence-corrected chi connectivity index (χ1v) is 8.69. The highest BCUT2D eigenvalue weighted by molar-refractivity contribution is 8.01. The van der Waals surface area contributed by atoms with Crippen LogP contribution in [-0.2, 0) is 14.3 Å². The Morgan fingerprint density at radius 3 is 2.96 bits per heavy atom. The van der Waals surface area contributed by atoms with Gasteiger partial charge in [-0.05, 0) is 31.0 Å². The molecule has 2 aromatic rings. The SMILES string of the molecule is COC(=O)CSc1nc2ccc(NC(=O)C3(C#N)CC3)cc2s1. The number of hydrogen-bond acceptors (Lipinski definition) is 7. The third-order valence-corrected chi connectivity index (χ3v) is 5.70. The Balaban J connectivity index is 1.73. The van der Waals surface area contributed by atoms with Gasteiger partial charge in [0, 0.05) is 5.69 Å². The van der Waals surface area contributed by atoms with E-state index in [0.717, 1.165) is 14.6 Å². The van der Waals surface area contributed by atoms with Crippen molar-refractivity contribution in [1.29, 1.82) is 5.26 Å². The van der Waals surface area contributed by atoms with E-state index in [2.05, 4.69) is 21.1 Å². The molecule has 1 fully saturated rings. The van der Waals surface area contributed by atoms with E-state index in [9.17, 15) is 9.59 Å². The number of benzene rings is 1. The molecule has 1 aromatic heterocycles. The first-order valence-electron chi connectivity index (χ1n) is 6.89. The normalized spacial score (nSPS) is 15.0. The number of aromatic nitrogens is 1. The smallest absolute Gasteiger partial charge is 0.316 e. The molecular weight excluding hydrogens is 334 g/mol. The van der Waals surface area contributed by atoms with E-state index in [0.29, 0.717) is 18.5 Å². The van der Waals surface area contributed by atoms with Crippen LogP contribution in [0.2, 0.25) is 0 Å². The molecule has 0 radical (unpaired) electrons. The number of carbonyl (C=O) groups excluding carboxylic acids is 2. The molecule has 0 aliphatic heterocycles. The molecule has 0 atom stereocenters. The second-order valence-electron chi connectivity index (χ2n) is 5.18. The van der Waals surface area contributed by atoms with Crippen molar-refractivity contribution in [2.45, 2.75) is 17.2 Å². The number of thiazole rings is 1. The molecule has 0 unspecified atom stereocenters. The molecule has 1 aromatic carbocycles. The number of ether oxygens (including phenoxy) is 1. The van der Waals surface area contributed by atoms with Crippen molar-refractivity contribution in [1.82, 2.24) is 4.98 Å². The molecule has 1 aliphatic rings. The Kier molecular flexibility index (Phi) is 4.24. The van der Waals surface area contributed by atoms with Gasteiger partial charge in [-0.1, -0.05) is 11.8 Å². The number of nitrogens with zero attached hydrogens (tertiary/aromatic N) is 2. The fourth-order valence-corrected chi connectivity index (χ4v) is 3.93. The summed E-state index contributed by atoms with van der Waals surface area (Å²) < 4.78 is 6.28. The Labute approximate surface area is 140 Å². The minimum atomic E-state index is -0.843. The molecular formula is C15H13N3O3S2. The van der Waals surface area contributed by atoms with Crippen molar-refractivity contribution >= 4 is 50.9 Å². The van der Waals surface area contributed by atoms with E-state index >= 15 is 0 Å². The quantitative estimate of drug-likeness (QED) is 0.660. The summed E-state index contributed by atoms with van der Waals surface area (Å²) in [5, 5.41) is 11.8. The number of thioether (sulfide) groups is 1. The first-order chi connectivity index (χ1) is 11.1. The highest BCUT2D eigenvalue weighted by atomic mass is 32.2. The Bertz CT molecular complexity index is 821. The maximum Gasteiger partial charge on any atom is 0.316 e. The number of amides is 1. The molecule has 1 amide bonds. The predicted octanol–water partition coefficient (Wildman–Crippen LogP) is 2.80. The monoisotopic (exact) mass is 347 g/mol. The van der Waals surface area contributed by atoms with Crippen molar-refractivity contribution in [3.63, 3.8) is 0 Å². The standard InChI is InChI=1S/C15H13N3O3S2/c1-21-12(19)7-22-14-18-10-3-2-9(6-11(10)23-14)17-13(20)15(8-16)4-5-15/h2-3,6H,4-5,7H2,1H3,(H,17,20). The molecule has 0 spiro atoms. The van der Waals surface area contributed by atoms with Crippen LogP contribution in [0.3, 0.4) is 0 Å². The third-order valence-electron chi connectivity index (χ3n) is 3.57. The number of carbonyl (C=O) groups is 2. The molecule has 1 aliphatic carbocycles. The number of methoxy groups -OCH3 is 1. The minimum absolute atomic E-state index is 0.213. The van der Waals surface area contributed by atoms with Gasteiger partial charge in [-0.3, -0.25) is 9.59 Å². The van der Waals surface area contributed by atoms with Crippen molar-refractivity contribution in [2.24, 2.45) is 5.41 Å². The summed E-state index contributed by atoms with van der Waals surface area (Å²) in [7, 11) is 1.35. The number of nitrogens with one attached hydrogen (secondary N) is 1. The lowest BCUT2D eigenvalue weighted by Crippen LogP contribution is -2.22. The number of anilines is 1. The number of hydrogen-bond donors (Lipinski definition) is 1. The van der Waals surface area contributed by atoms with Gasteiger partial charge >= 0.3 is 5.97 Å². The van der Waals surface area contributed by atoms with Gasteiger partial charge < -0.3 is 10.1 Å². The van der Waals surface area contributed by atoms with Gasteiger partial charge in [0.05, 0.1) is 29.1 Å². The van der Waals surface area contributed by atoms with E-state index in [1.807, 2.05) is 12.1 Å². The zero-order chi connectivity index (χ0) is 16.4. The lowest BCUT2D eigenvalue weighted by atomic mass is 10.1. The van der Waals surface area contributed by atoms with Gasteiger partial charge in [0.1, 0.15) is 5.41 Å². The number of nitriles is 1. The summed E-state index contributed by atoms with van der Waals surface area (Å²) in [5.74, 6) is -0.331. The molecule has 0 saturated heterocycles. The van der Waals surface area contributed by atoms with Crippen LogP contribution in [0.5, 0.6) is 0 Å². The van der Waals surface area contributed by atoms with Crippen molar-refractivity contribution in [2.75, 3.05) is 18.2 Å². The van der Waals surface area contributed by atoms with Crippen molar-refractivity contribution in [3.8, 4) is 6.07 Å². The van der Waals surface area contributed by atoms with Crippen LogP contribution < -0.4 is 5.32 Å². The average molecular weight is 347 g/mol. The van der Waals surface area contributed by atoms with E-state index < -0.39 is 5.41 Å². The van der Waals surface area contributed by atoms with Crippen LogP contribution in [0, 0.1) is 16.7 Å². The fourth-order valence-electron chi connectivity index (χ4n) is 1.99. The van der Waals surface area contributed by atoms with Gasteiger partial charge in [0.2, 0.25) is 5.91 Å². The summed E-state index contributed by atoms with van der Waals surface area (Å²) in [4.78, 5) is 27.7. The van der Waals surface area contributed by atoms with E-state index in [1.165, 1.54) is 30.2 Å². The van der Waals surface area contributed by atoms with Gasteiger partial charge in [-0.25, -0.2) is 4.98 Å². The molecule has 1 saturated carbocycles. The number of rotatable bonds is 5. The van der Waals surface area contributed by atoms with Crippen LogP contribution in [0.25, 0.3) is 10.2 Å². The zero-order valence-electron chi connectivity index (χ0n) is 12.3. The second-order valence-corrected chi connectivity index (χ2v) is 7.43. The van der Waals surface area contributed by atoms with Crippen LogP contribution >= 0.6 is 23.1 Å². The molecule has 3 rings (SSSR count). The lowest BCUT2D eigenvalue weighted by molar-refractivity contribution is -0.137. The number of fused-ring (bicyclic) bond motifs is 1. The van der Waals surface area contributed by atoms with Crippen LogP contribution in [-0.4, -0.2) is 29.7 Å². The van der Waals surface area contributed by atoms with Gasteiger partial charge in [0.25, 0.3) is 0 Å². The van der Waals surface area contributed by atoms with Crippen LogP contribution in [0.4, 0.5) is 5.69 Å². The summed E-state index contributed by atoms with van der Waals surface area (Å²) in [5.41, 5.74) is 0.614. The Hall–Kier alpha value is -2.11. The maximum atomic E-state index is 12.1. The number of esters is 1. The predicted molar refractivity (Wildman–Crippen MR) is 88.3 cm³/mol.